The Bertz CT molecular complexity index is 966. The second kappa shape index (κ2) is 9.09. The number of aryl methyl sites for hydroxylation is 2. The third kappa shape index (κ3) is 4.76. The molecule has 0 aliphatic heterocycles. The van der Waals surface area contributed by atoms with Gasteiger partial charge in [-0.2, -0.15) is 0 Å². The zero-order valence-corrected chi connectivity index (χ0v) is 18.4. The van der Waals surface area contributed by atoms with E-state index in [0.717, 1.165) is 22.6 Å². The van der Waals surface area contributed by atoms with Gasteiger partial charge in [0.1, 0.15) is 0 Å². The largest absolute Gasteiger partial charge is 0.657 e. The Morgan fingerprint density at radius 3 is 1.86 bits per heavy atom. The third-order valence-electron chi connectivity index (χ3n) is 5.28. The first-order valence-corrected chi connectivity index (χ1v) is 10.4. The van der Waals surface area contributed by atoms with Crippen molar-refractivity contribution in [2.24, 2.45) is 4.99 Å². The Hall–Kier alpha value is -2.87. The zero-order valence-electron chi connectivity index (χ0n) is 18.4. The van der Waals surface area contributed by atoms with Crippen LogP contribution in [0.5, 0.6) is 0 Å². The molecule has 0 saturated heterocycles. The number of nitrogens with zero attached hydrogens (tertiary/aromatic N) is 2. The van der Waals surface area contributed by atoms with Crippen molar-refractivity contribution < 1.29 is 0 Å². The predicted molar refractivity (Wildman–Crippen MR) is 127 cm³/mol. The van der Waals surface area contributed by atoms with Crippen LogP contribution in [-0.4, -0.2) is 6.21 Å². The number of para-hydroxylation sites is 3. The van der Waals surface area contributed by atoms with Crippen LogP contribution in [0.25, 0.3) is 5.32 Å². The molecule has 150 valence electrons. The summed E-state index contributed by atoms with van der Waals surface area (Å²) in [5.74, 6) is 0.839. The summed E-state index contributed by atoms with van der Waals surface area (Å²) < 4.78 is 0. The van der Waals surface area contributed by atoms with Crippen LogP contribution in [0.15, 0.2) is 65.7 Å². The van der Waals surface area contributed by atoms with Gasteiger partial charge < -0.3 is 5.32 Å². The van der Waals surface area contributed by atoms with Crippen LogP contribution in [0.2, 0.25) is 0 Å². The molecule has 3 aromatic rings. The second-order valence-electron chi connectivity index (χ2n) is 8.26. The van der Waals surface area contributed by atoms with Gasteiger partial charge in [0.2, 0.25) is 0 Å². The molecule has 0 spiro atoms. The van der Waals surface area contributed by atoms with Crippen LogP contribution < -0.4 is 0 Å². The Kier molecular flexibility index (Phi) is 6.53. The molecule has 29 heavy (non-hydrogen) atoms. The molecule has 0 radical (unpaired) electrons. The summed E-state index contributed by atoms with van der Waals surface area (Å²) in [5.41, 5.74) is 9.07. The quantitative estimate of drug-likeness (QED) is 0.381. The van der Waals surface area contributed by atoms with E-state index in [1.807, 2.05) is 18.3 Å². The molecule has 0 fully saturated rings. The van der Waals surface area contributed by atoms with Crippen LogP contribution in [-0.2, 0) is 0 Å². The van der Waals surface area contributed by atoms with Crippen molar-refractivity contribution in [3.8, 4) is 0 Å². The van der Waals surface area contributed by atoms with Gasteiger partial charge in [0, 0.05) is 6.21 Å². The molecule has 0 heterocycles. The van der Waals surface area contributed by atoms with Gasteiger partial charge in [-0.25, -0.2) is 0 Å². The van der Waals surface area contributed by atoms with Crippen molar-refractivity contribution >= 4 is 23.3 Å². The normalized spacial score (nSPS) is 11.6. The second-order valence-corrected chi connectivity index (χ2v) is 8.26. The summed E-state index contributed by atoms with van der Waals surface area (Å²) in [5, 5.41) is 5.15. The molecule has 2 heteroatoms. The van der Waals surface area contributed by atoms with Gasteiger partial charge in [0.15, 0.2) is 0 Å². The van der Waals surface area contributed by atoms with Crippen LogP contribution in [0.1, 0.15) is 67.3 Å². The number of aliphatic imine (C=N–C) groups is 1. The molecule has 0 aromatic heterocycles. The first-order chi connectivity index (χ1) is 13.9. The minimum atomic E-state index is 0.419. The van der Waals surface area contributed by atoms with E-state index in [2.05, 4.69) is 90.1 Å². The van der Waals surface area contributed by atoms with Crippen molar-refractivity contribution in [3.05, 3.63) is 93.8 Å². The molecule has 3 aromatic carbocycles. The lowest BCUT2D eigenvalue weighted by molar-refractivity contribution is 0.840. The van der Waals surface area contributed by atoms with E-state index in [0.29, 0.717) is 11.8 Å². The fourth-order valence-electron chi connectivity index (χ4n) is 3.60. The Morgan fingerprint density at radius 2 is 1.28 bits per heavy atom. The predicted octanol–water partition coefficient (Wildman–Crippen LogP) is 8.64. The van der Waals surface area contributed by atoms with Gasteiger partial charge in [-0.05, 0) is 42.4 Å². The monoisotopic (exact) mass is 383 g/mol. The van der Waals surface area contributed by atoms with Gasteiger partial charge >= 0.3 is 0 Å². The highest BCUT2D eigenvalue weighted by Crippen LogP contribution is 2.43. The van der Waals surface area contributed by atoms with E-state index in [-0.39, 0.29) is 0 Å². The molecule has 0 N–H and O–H groups in total. The summed E-state index contributed by atoms with van der Waals surface area (Å²) in [6, 6.07) is 21.1. The molecule has 0 unspecified atom stereocenters. The molecule has 0 aliphatic carbocycles. The first-order valence-electron chi connectivity index (χ1n) is 10.4. The standard InChI is InChI=1S/C27H31N2/c1-18(2)23-14-10-15-24(19(3)4)27(23)29-25-16-8-7-13-22(25)17-28-26-20(5)11-9-12-21(26)6/h7-19H,1-6H3/q-1. The SMILES string of the molecule is Cc1cccc(C)c1N=Cc1ccccc1[N-]c1c(C(C)C)cccc1C(C)C. The average Bonchev–Trinajstić information content (AvgIpc) is 2.68. The maximum absolute atomic E-state index is 5.15. The minimum absolute atomic E-state index is 0.419. The molecule has 3 rings (SSSR count). The van der Waals surface area contributed by atoms with Crippen molar-refractivity contribution in [3.63, 3.8) is 0 Å². The fourth-order valence-corrected chi connectivity index (χ4v) is 3.60. The summed E-state index contributed by atoms with van der Waals surface area (Å²) in [6.45, 7) is 13.1. The Labute approximate surface area is 175 Å². The van der Waals surface area contributed by atoms with E-state index in [9.17, 15) is 0 Å². The summed E-state index contributed by atoms with van der Waals surface area (Å²) >= 11 is 0. The highest BCUT2D eigenvalue weighted by atomic mass is 14.9. The molecule has 2 nitrogen and oxygen atoms in total. The van der Waals surface area contributed by atoms with E-state index >= 15 is 0 Å². The van der Waals surface area contributed by atoms with Gasteiger partial charge in [-0.3, -0.25) is 4.99 Å². The van der Waals surface area contributed by atoms with Gasteiger partial charge in [0.25, 0.3) is 0 Å². The van der Waals surface area contributed by atoms with Crippen LogP contribution in [0, 0.1) is 13.8 Å². The average molecular weight is 384 g/mol. The molecule has 0 bridgehead atoms. The topological polar surface area (TPSA) is 26.5 Å². The third-order valence-corrected chi connectivity index (χ3v) is 5.28. The first kappa shape index (κ1) is 20.9. The minimum Gasteiger partial charge on any atom is -0.657 e. The van der Waals surface area contributed by atoms with Crippen molar-refractivity contribution in [1.82, 2.24) is 0 Å². The zero-order chi connectivity index (χ0) is 21.0. The molecule has 0 saturated carbocycles. The number of rotatable bonds is 6. The number of benzene rings is 3. The molecular formula is C27H31N2-. The lowest BCUT2D eigenvalue weighted by Gasteiger charge is -2.33. The maximum Gasteiger partial charge on any atom is 0.0688 e. The van der Waals surface area contributed by atoms with E-state index in [1.165, 1.54) is 22.3 Å². The fraction of sp³-hybridized carbons (Fsp3) is 0.296. The van der Waals surface area contributed by atoms with Gasteiger partial charge in [-0.15, -0.1) is 11.4 Å². The Balaban J connectivity index is 2.02. The van der Waals surface area contributed by atoms with E-state index in [1.54, 1.807) is 0 Å². The number of hydrogen-bond acceptors (Lipinski definition) is 1. The molecule has 0 aliphatic rings. The van der Waals surface area contributed by atoms with Gasteiger partial charge in [0.05, 0.1) is 5.69 Å². The van der Waals surface area contributed by atoms with Crippen LogP contribution in [0.3, 0.4) is 0 Å². The summed E-state index contributed by atoms with van der Waals surface area (Å²) in [6.07, 6.45) is 1.95. The highest BCUT2D eigenvalue weighted by molar-refractivity contribution is 5.93. The van der Waals surface area contributed by atoms with Crippen molar-refractivity contribution in [1.29, 1.82) is 0 Å². The summed E-state index contributed by atoms with van der Waals surface area (Å²) in [4.78, 5) is 4.81. The van der Waals surface area contributed by atoms with E-state index < -0.39 is 0 Å². The number of hydrogen-bond donors (Lipinski definition) is 0. The van der Waals surface area contributed by atoms with Crippen LogP contribution >= 0.6 is 0 Å². The smallest absolute Gasteiger partial charge is 0.0688 e. The lowest BCUT2D eigenvalue weighted by atomic mass is 9.92. The molecule has 0 atom stereocenters. The van der Waals surface area contributed by atoms with Gasteiger partial charge in [-0.1, -0.05) is 99.5 Å². The lowest BCUT2D eigenvalue weighted by Crippen LogP contribution is -1.96. The summed E-state index contributed by atoms with van der Waals surface area (Å²) in [7, 11) is 0. The van der Waals surface area contributed by atoms with Crippen molar-refractivity contribution in [2.75, 3.05) is 0 Å². The Morgan fingerprint density at radius 1 is 0.724 bits per heavy atom. The molecular weight excluding hydrogens is 352 g/mol. The molecule has 0 amide bonds. The van der Waals surface area contributed by atoms with Crippen LogP contribution in [0.4, 0.5) is 17.1 Å². The van der Waals surface area contributed by atoms with Crippen molar-refractivity contribution in [2.45, 2.75) is 53.4 Å². The highest BCUT2D eigenvalue weighted by Gasteiger charge is 2.08. The maximum atomic E-state index is 5.15. The van der Waals surface area contributed by atoms with E-state index in [4.69, 9.17) is 10.3 Å².